The van der Waals surface area contributed by atoms with Gasteiger partial charge in [-0.3, -0.25) is 0 Å². The van der Waals surface area contributed by atoms with Crippen LogP contribution in [0.5, 0.6) is 5.75 Å². The van der Waals surface area contributed by atoms with E-state index in [-0.39, 0.29) is 6.03 Å². The summed E-state index contributed by atoms with van der Waals surface area (Å²) in [7, 11) is 0. The summed E-state index contributed by atoms with van der Waals surface area (Å²) < 4.78 is 11.1. The number of anilines is 1. The van der Waals surface area contributed by atoms with Crippen molar-refractivity contribution in [3.05, 3.63) is 59.7 Å². The van der Waals surface area contributed by atoms with E-state index in [9.17, 15) is 4.79 Å². The molecule has 0 aliphatic heterocycles. The van der Waals surface area contributed by atoms with E-state index >= 15 is 0 Å². The largest absolute Gasteiger partial charge is 0.487 e. The van der Waals surface area contributed by atoms with E-state index in [4.69, 9.17) is 9.47 Å². The average molecular weight is 328 g/mol. The standard InChI is InChI=1S/C19H24N2O3/c1-3-23-12-11-20-19(22)21-17-10-9-15(2)13-18(17)24-14-16-7-5-4-6-8-16/h4-10,13H,3,11-12,14H2,1-2H3,(H2,20,21,22). The minimum atomic E-state index is -0.275. The van der Waals surface area contributed by atoms with Crippen LogP contribution in [0.2, 0.25) is 0 Å². The summed E-state index contributed by atoms with van der Waals surface area (Å²) in [6, 6.07) is 15.3. The average Bonchev–Trinajstić information content (AvgIpc) is 2.60. The van der Waals surface area contributed by atoms with Crippen molar-refractivity contribution in [1.29, 1.82) is 0 Å². The summed E-state index contributed by atoms with van der Waals surface area (Å²) in [5.74, 6) is 0.652. The summed E-state index contributed by atoms with van der Waals surface area (Å²) in [5.41, 5.74) is 2.79. The minimum absolute atomic E-state index is 0.275. The highest BCUT2D eigenvalue weighted by molar-refractivity contribution is 5.90. The van der Waals surface area contributed by atoms with Gasteiger partial charge >= 0.3 is 6.03 Å². The molecule has 0 fully saturated rings. The number of amides is 2. The van der Waals surface area contributed by atoms with E-state index in [0.717, 1.165) is 11.1 Å². The molecule has 0 radical (unpaired) electrons. The van der Waals surface area contributed by atoms with Crippen LogP contribution >= 0.6 is 0 Å². The lowest BCUT2D eigenvalue weighted by Crippen LogP contribution is -2.31. The summed E-state index contributed by atoms with van der Waals surface area (Å²) in [6.07, 6.45) is 0. The zero-order valence-corrected chi connectivity index (χ0v) is 14.2. The zero-order chi connectivity index (χ0) is 17.2. The lowest BCUT2D eigenvalue weighted by atomic mass is 10.2. The van der Waals surface area contributed by atoms with E-state index in [1.54, 1.807) is 0 Å². The van der Waals surface area contributed by atoms with Crippen molar-refractivity contribution >= 4 is 11.7 Å². The van der Waals surface area contributed by atoms with E-state index in [1.165, 1.54) is 0 Å². The van der Waals surface area contributed by atoms with Crippen molar-refractivity contribution in [1.82, 2.24) is 5.32 Å². The van der Waals surface area contributed by atoms with Crippen LogP contribution in [0.4, 0.5) is 10.5 Å². The van der Waals surface area contributed by atoms with Crippen molar-refractivity contribution in [2.45, 2.75) is 20.5 Å². The molecular weight excluding hydrogens is 304 g/mol. The molecule has 0 unspecified atom stereocenters. The minimum Gasteiger partial charge on any atom is -0.487 e. The first-order valence-corrected chi connectivity index (χ1v) is 8.09. The maximum absolute atomic E-state index is 12.0. The molecule has 0 aliphatic rings. The SMILES string of the molecule is CCOCCNC(=O)Nc1ccc(C)cc1OCc1ccccc1. The summed E-state index contributed by atoms with van der Waals surface area (Å²) >= 11 is 0. The molecule has 5 nitrogen and oxygen atoms in total. The first-order chi connectivity index (χ1) is 11.7. The van der Waals surface area contributed by atoms with Crippen LogP contribution in [0.1, 0.15) is 18.1 Å². The fourth-order valence-electron chi connectivity index (χ4n) is 2.14. The number of hydrogen-bond acceptors (Lipinski definition) is 3. The molecule has 0 saturated heterocycles. The van der Waals surface area contributed by atoms with Crippen LogP contribution in [0.25, 0.3) is 0 Å². The Hall–Kier alpha value is -2.53. The second-order valence-electron chi connectivity index (χ2n) is 5.35. The molecule has 0 atom stereocenters. The predicted molar refractivity (Wildman–Crippen MR) is 95.5 cm³/mol. The van der Waals surface area contributed by atoms with Gasteiger partial charge in [0.1, 0.15) is 12.4 Å². The van der Waals surface area contributed by atoms with E-state index in [0.29, 0.717) is 37.8 Å². The first-order valence-electron chi connectivity index (χ1n) is 8.09. The third kappa shape index (κ3) is 5.93. The molecule has 2 aromatic carbocycles. The van der Waals surface area contributed by atoms with Gasteiger partial charge in [-0.15, -0.1) is 0 Å². The van der Waals surface area contributed by atoms with Crippen LogP contribution in [0, 0.1) is 6.92 Å². The van der Waals surface area contributed by atoms with E-state index in [1.807, 2.05) is 62.4 Å². The van der Waals surface area contributed by atoms with Crippen LogP contribution in [0.3, 0.4) is 0 Å². The Labute approximate surface area is 143 Å². The number of urea groups is 1. The number of carbonyl (C=O) groups excluding carboxylic acids is 1. The first kappa shape index (κ1) is 17.8. The lowest BCUT2D eigenvalue weighted by Gasteiger charge is -2.14. The number of nitrogens with one attached hydrogen (secondary N) is 2. The van der Waals surface area contributed by atoms with Crippen LogP contribution < -0.4 is 15.4 Å². The summed E-state index contributed by atoms with van der Waals surface area (Å²) in [6.45, 7) is 5.95. The van der Waals surface area contributed by atoms with Crippen LogP contribution in [-0.4, -0.2) is 25.8 Å². The third-order valence-electron chi connectivity index (χ3n) is 3.36. The van der Waals surface area contributed by atoms with Gasteiger partial charge in [-0.2, -0.15) is 0 Å². The topological polar surface area (TPSA) is 59.6 Å². The van der Waals surface area contributed by atoms with Crippen molar-refractivity contribution in [3.63, 3.8) is 0 Å². The van der Waals surface area contributed by atoms with Gasteiger partial charge in [-0.05, 0) is 37.1 Å². The van der Waals surface area contributed by atoms with Crippen molar-refractivity contribution in [3.8, 4) is 5.75 Å². The highest BCUT2D eigenvalue weighted by Gasteiger charge is 2.08. The normalized spacial score (nSPS) is 10.2. The Morgan fingerprint density at radius 3 is 2.67 bits per heavy atom. The fourth-order valence-corrected chi connectivity index (χ4v) is 2.14. The Balaban J connectivity index is 1.95. The Kier molecular flexibility index (Phi) is 7.11. The Bertz CT molecular complexity index is 644. The molecule has 2 aromatic rings. The van der Waals surface area contributed by atoms with Gasteiger partial charge in [0.25, 0.3) is 0 Å². The summed E-state index contributed by atoms with van der Waals surface area (Å²) in [5, 5.41) is 5.57. The second-order valence-corrected chi connectivity index (χ2v) is 5.35. The molecule has 0 saturated carbocycles. The van der Waals surface area contributed by atoms with Gasteiger partial charge in [-0.1, -0.05) is 36.4 Å². The van der Waals surface area contributed by atoms with Gasteiger partial charge < -0.3 is 20.1 Å². The van der Waals surface area contributed by atoms with E-state index in [2.05, 4.69) is 10.6 Å². The molecule has 24 heavy (non-hydrogen) atoms. The molecule has 2 amide bonds. The van der Waals surface area contributed by atoms with Gasteiger partial charge in [-0.25, -0.2) is 4.79 Å². The van der Waals surface area contributed by atoms with Crippen molar-refractivity contribution < 1.29 is 14.3 Å². The number of rotatable bonds is 8. The number of hydrogen-bond donors (Lipinski definition) is 2. The quantitative estimate of drug-likeness (QED) is 0.726. The van der Waals surface area contributed by atoms with Crippen LogP contribution in [-0.2, 0) is 11.3 Å². The Morgan fingerprint density at radius 1 is 1.12 bits per heavy atom. The molecule has 0 aliphatic carbocycles. The van der Waals surface area contributed by atoms with Gasteiger partial charge in [0.2, 0.25) is 0 Å². The number of ether oxygens (including phenoxy) is 2. The Morgan fingerprint density at radius 2 is 1.92 bits per heavy atom. The fraction of sp³-hybridized carbons (Fsp3) is 0.316. The monoisotopic (exact) mass is 328 g/mol. The zero-order valence-electron chi connectivity index (χ0n) is 14.2. The number of carbonyl (C=O) groups is 1. The molecule has 0 aromatic heterocycles. The highest BCUT2D eigenvalue weighted by Crippen LogP contribution is 2.26. The molecule has 0 heterocycles. The molecule has 0 spiro atoms. The number of aryl methyl sites for hydroxylation is 1. The maximum atomic E-state index is 12.0. The lowest BCUT2D eigenvalue weighted by molar-refractivity contribution is 0.150. The van der Waals surface area contributed by atoms with E-state index < -0.39 is 0 Å². The van der Waals surface area contributed by atoms with Crippen molar-refractivity contribution in [2.75, 3.05) is 25.1 Å². The predicted octanol–water partition coefficient (Wildman–Crippen LogP) is 3.73. The molecule has 0 bridgehead atoms. The molecule has 2 rings (SSSR count). The smallest absolute Gasteiger partial charge is 0.319 e. The molecule has 128 valence electrons. The maximum Gasteiger partial charge on any atom is 0.319 e. The second kappa shape index (κ2) is 9.57. The molecule has 5 heteroatoms. The third-order valence-corrected chi connectivity index (χ3v) is 3.36. The van der Waals surface area contributed by atoms with Crippen LogP contribution in [0.15, 0.2) is 48.5 Å². The van der Waals surface area contributed by atoms with Gasteiger partial charge in [0.05, 0.1) is 12.3 Å². The van der Waals surface area contributed by atoms with Gasteiger partial charge in [0.15, 0.2) is 0 Å². The highest BCUT2D eigenvalue weighted by atomic mass is 16.5. The summed E-state index contributed by atoms with van der Waals surface area (Å²) in [4.78, 5) is 12.0. The van der Waals surface area contributed by atoms with Crippen molar-refractivity contribution in [2.24, 2.45) is 0 Å². The number of benzene rings is 2. The molecule has 2 N–H and O–H groups in total. The molecular formula is C19H24N2O3. The van der Waals surface area contributed by atoms with Gasteiger partial charge in [0, 0.05) is 13.2 Å².